The van der Waals surface area contributed by atoms with Crippen LogP contribution in [0.5, 0.6) is 11.5 Å². The molecule has 0 spiro atoms. The van der Waals surface area contributed by atoms with Gasteiger partial charge in [-0.3, -0.25) is 0 Å². The summed E-state index contributed by atoms with van der Waals surface area (Å²) >= 11 is 0. The number of fused-ring (bicyclic) bond motifs is 3. The molecule has 4 heteroatoms. The Bertz CT molecular complexity index is 652. The third kappa shape index (κ3) is 1.60. The van der Waals surface area contributed by atoms with Crippen molar-refractivity contribution < 1.29 is 9.47 Å². The van der Waals surface area contributed by atoms with Gasteiger partial charge in [-0.25, -0.2) is 0 Å². The average Bonchev–Trinajstić information content (AvgIpc) is 2.80. The summed E-state index contributed by atoms with van der Waals surface area (Å²) in [6.07, 6.45) is 0. The molecule has 2 aromatic rings. The lowest BCUT2D eigenvalue weighted by molar-refractivity contribution is 0.409. The van der Waals surface area contributed by atoms with Gasteiger partial charge in [-0.1, -0.05) is 23.4 Å². The Morgan fingerprint density at radius 2 is 1.89 bits per heavy atom. The van der Waals surface area contributed by atoms with Gasteiger partial charge < -0.3 is 9.47 Å². The van der Waals surface area contributed by atoms with Crippen molar-refractivity contribution in [2.45, 2.75) is 6.04 Å². The highest BCUT2D eigenvalue weighted by atomic mass is 16.5. The van der Waals surface area contributed by atoms with Gasteiger partial charge in [0.25, 0.3) is 0 Å². The van der Waals surface area contributed by atoms with Gasteiger partial charge in [-0.2, -0.15) is 0 Å². The van der Waals surface area contributed by atoms with Gasteiger partial charge in [0.05, 0.1) is 14.2 Å². The topological polar surface area (TPSA) is 47.9 Å². The van der Waals surface area contributed by atoms with Crippen LogP contribution < -0.4 is 9.47 Å². The average molecular weight is 255 g/mol. The Hall–Kier alpha value is -2.36. The molecule has 0 heterocycles. The van der Waals surface area contributed by atoms with Crippen LogP contribution in [0.3, 0.4) is 0 Å². The van der Waals surface area contributed by atoms with Crippen molar-refractivity contribution in [2.75, 3.05) is 14.2 Å². The minimum absolute atomic E-state index is 0.507. The van der Waals surface area contributed by atoms with Gasteiger partial charge in [-0.15, -0.1) is 4.91 Å². The Kier molecular flexibility index (Phi) is 2.71. The fourth-order valence-electron chi connectivity index (χ4n) is 2.64. The first-order valence-electron chi connectivity index (χ1n) is 5.97. The Balaban J connectivity index is 2.29. The number of hydrogen-bond donors (Lipinski definition) is 0. The summed E-state index contributed by atoms with van der Waals surface area (Å²) in [6, 6.07) is 10.9. The molecule has 1 aliphatic carbocycles. The minimum Gasteiger partial charge on any atom is -0.497 e. The molecule has 0 saturated carbocycles. The van der Waals surface area contributed by atoms with Gasteiger partial charge in [0, 0.05) is 5.56 Å². The van der Waals surface area contributed by atoms with Crippen molar-refractivity contribution >= 4 is 0 Å². The maximum atomic E-state index is 11.2. The van der Waals surface area contributed by atoms with E-state index < -0.39 is 6.04 Å². The van der Waals surface area contributed by atoms with E-state index >= 15 is 0 Å². The Morgan fingerprint density at radius 3 is 2.58 bits per heavy atom. The first kappa shape index (κ1) is 11.7. The number of ether oxygens (including phenoxy) is 2. The van der Waals surface area contributed by atoms with Gasteiger partial charge in [0.1, 0.15) is 17.5 Å². The van der Waals surface area contributed by atoms with Gasteiger partial charge in [-0.05, 0) is 34.9 Å². The molecular formula is C15H13NO3. The van der Waals surface area contributed by atoms with Crippen LogP contribution >= 0.6 is 0 Å². The number of methoxy groups -OCH3 is 2. The maximum Gasteiger partial charge on any atom is 0.147 e. The number of rotatable bonds is 3. The highest BCUT2D eigenvalue weighted by molar-refractivity contribution is 5.82. The molecule has 0 fully saturated rings. The molecule has 0 aliphatic heterocycles. The second kappa shape index (κ2) is 4.39. The zero-order valence-electron chi connectivity index (χ0n) is 10.7. The molecule has 4 nitrogen and oxygen atoms in total. The summed E-state index contributed by atoms with van der Waals surface area (Å²) in [5.74, 6) is 1.45. The summed E-state index contributed by atoms with van der Waals surface area (Å²) < 4.78 is 10.6. The highest BCUT2D eigenvalue weighted by Crippen LogP contribution is 2.50. The number of nitrogens with zero attached hydrogens (tertiary/aromatic N) is 1. The lowest BCUT2D eigenvalue weighted by Crippen LogP contribution is -1.95. The van der Waals surface area contributed by atoms with Crippen molar-refractivity contribution in [3.05, 3.63) is 52.4 Å². The van der Waals surface area contributed by atoms with Crippen LogP contribution in [-0.4, -0.2) is 14.2 Å². The zero-order valence-corrected chi connectivity index (χ0v) is 10.7. The van der Waals surface area contributed by atoms with Crippen LogP contribution in [0, 0.1) is 4.91 Å². The Labute approximate surface area is 110 Å². The van der Waals surface area contributed by atoms with Crippen LogP contribution in [0.1, 0.15) is 17.2 Å². The second-order valence-electron chi connectivity index (χ2n) is 4.38. The summed E-state index contributed by atoms with van der Waals surface area (Å²) in [6.45, 7) is 0. The molecule has 1 atom stereocenters. The number of hydrogen-bond acceptors (Lipinski definition) is 4. The van der Waals surface area contributed by atoms with Gasteiger partial charge in [0.2, 0.25) is 0 Å². The third-order valence-corrected chi connectivity index (χ3v) is 3.51. The molecule has 3 rings (SSSR count). The van der Waals surface area contributed by atoms with Crippen LogP contribution in [0.4, 0.5) is 0 Å². The second-order valence-corrected chi connectivity index (χ2v) is 4.38. The molecule has 0 saturated heterocycles. The van der Waals surface area contributed by atoms with Crippen molar-refractivity contribution in [1.82, 2.24) is 0 Å². The monoisotopic (exact) mass is 255 g/mol. The van der Waals surface area contributed by atoms with Crippen molar-refractivity contribution in [2.24, 2.45) is 5.18 Å². The fourth-order valence-corrected chi connectivity index (χ4v) is 2.64. The molecule has 0 radical (unpaired) electrons. The van der Waals surface area contributed by atoms with E-state index in [-0.39, 0.29) is 0 Å². The first-order valence-corrected chi connectivity index (χ1v) is 5.97. The quantitative estimate of drug-likeness (QED) is 0.788. The molecule has 96 valence electrons. The third-order valence-electron chi connectivity index (χ3n) is 3.51. The van der Waals surface area contributed by atoms with Crippen LogP contribution in [0.25, 0.3) is 11.1 Å². The van der Waals surface area contributed by atoms with Crippen LogP contribution in [-0.2, 0) is 0 Å². The number of benzene rings is 2. The number of nitroso groups, excluding NO2 is 1. The summed E-state index contributed by atoms with van der Waals surface area (Å²) in [5, 5.41) is 3.26. The smallest absolute Gasteiger partial charge is 0.147 e. The van der Waals surface area contributed by atoms with E-state index in [9.17, 15) is 4.91 Å². The van der Waals surface area contributed by atoms with E-state index in [0.717, 1.165) is 28.0 Å². The van der Waals surface area contributed by atoms with Crippen molar-refractivity contribution in [3.63, 3.8) is 0 Å². The first-order chi connectivity index (χ1) is 9.30. The molecule has 1 unspecified atom stereocenters. The van der Waals surface area contributed by atoms with Crippen molar-refractivity contribution in [1.29, 1.82) is 0 Å². The molecule has 1 aliphatic rings. The zero-order chi connectivity index (χ0) is 13.4. The SMILES string of the molecule is COc1ccc2c(c1)-c1cccc(OC)c1C2N=O. The largest absolute Gasteiger partial charge is 0.497 e. The maximum absolute atomic E-state index is 11.2. The molecule has 0 amide bonds. The van der Waals surface area contributed by atoms with Crippen molar-refractivity contribution in [3.8, 4) is 22.6 Å². The van der Waals surface area contributed by atoms with E-state index in [4.69, 9.17) is 9.47 Å². The predicted molar refractivity (Wildman–Crippen MR) is 72.6 cm³/mol. The normalized spacial score (nSPS) is 15.6. The van der Waals surface area contributed by atoms with E-state index in [1.54, 1.807) is 14.2 Å². The predicted octanol–water partition coefficient (Wildman–Crippen LogP) is 3.54. The lowest BCUT2D eigenvalue weighted by atomic mass is 10.1. The summed E-state index contributed by atoms with van der Waals surface area (Å²) in [7, 11) is 3.22. The lowest BCUT2D eigenvalue weighted by Gasteiger charge is -2.09. The summed E-state index contributed by atoms with van der Waals surface area (Å²) in [5.41, 5.74) is 3.70. The Morgan fingerprint density at radius 1 is 1.05 bits per heavy atom. The van der Waals surface area contributed by atoms with Crippen LogP contribution in [0.2, 0.25) is 0 Å². The van der Waals surface area contributed by atoms with E-state index in [2.05, 4.69) is 5.18 Å². The van der Waals surface area contributed by atoms with Crippen LogP contribution in [0.15, 0.2) is 41.6 Å². The standard InChI is InChI=1S/C15H13NO3/c1-18-9-6-7-11-12(8-9)10-4-3-5-13(19-2)14(10)15(11)16-17/h3-8,15H,1-2H3. The molecule has 2 aromatic carbocycles. The van der Waals surface area contributed by atoms with Gasteiger partial charge in [0.15, 0.2) is 0 Å². The highest BCUT2D eigenvalue weighted by Gasteiger charge is 2.32. The molecule has 19 heavy (non-hydrogen) atoms. The van der Waals surface area contributed by atoms with E-state index in [0.29, 0.717) is 5.75 Å². The molecule has 0 N–H and O–H groups in total. The van der Waals surface area contributed by atoms with E-state index in [1.165, 1.54) is 0 Å². The van der Waals surface area contributed by atoms with E-state index in [1.807, 2.05) is 36.4 Å². The molecule has 0 bridgehead atoms. The molecule has 0 aromatic heterocycles. The molecular weight excluding hydrogens is 242 g/mol. The van der Waals surface area contributed by atoms with Gasteiger partial charge >= 0.3 is 0 Å². The minimum atomic E-state index is -0.507. The summed E-state index contributed by atoms with van der Waals surface area (Å²) in [4.78, 5) is 11.2. The fraction of sp³-hybridized carbons (Fsp3) is 0.200.